The third-order valence-electron chi connectivity index (χ3n) is 4.67. The van der Waals surface area contributed by atoms with Gasteiger partial charge in [0.25, 0.3) is 0 Å². The van der Waals surface area contributed by atoms with E-state index in [4.69, 9.17) is 4.74 Å². The molecule has 0 amide bonds. The number of benzene rings is 2. The summed E-state index contributed by atoms with van der Waals surface area (Å²) < 4.78 is 32.7. The summed E-state index contributed by atoms with van der Waals surface area (Å²) in [5.41, 5.74) is 2.51. The van der Waals surface area contributed by atoms with Crippen molar-refractivity contribution in [2.75, 3.05) is 44.8 Å². The van der Waals surface area contributed by atoms with Crippen molar-refractivity contribution in [2.45, 2.75) is 13.0 Å². The average Bonchev–Trinajstić information content (AvgIpc) is 2.72. The largest absolute Gasteiger partial charge is 0.378 e. The second-order valence-corrected chi connectivity index (χ2v) is 6.61. The van der Waals surface area contributed by atoms with E-state index in [0.717, 1.165) is 17.5 Å². The molecule has 29 heavy (non-hydrogen) atoms. The number of aliphatic imine (C=N–C) groups is 1. The molecule has 0 spiro atoms. The van der Waals surface area contributed by atoms with Crippen LogP contribution in [0.25, 0.3) is 0 Å². The highest BCUT2D eigenvalue weighted by Gasteiger charge is 2.15. The summed E-state index contributed by atoms with van der Waals surface area (Å²) in [7, 11) is 1.69. The smallest absolute Gasteiger partial charge is 0.191 e. The highest BCUT2D eigenvalue weighted by molar-refractivity contribution is 14.0. The summed E-state index contributed by atoms with van der Waals surface area (Å²) in [6, 6.07) is 11.8. The molecule has 158 valence electrons. The third kappa shape index (κ3) is 7.11. The Morgan fingerprint density at radius 1 is 1.03 bits per heavy atom. The molecule has 1 heterocycles. The van der Waals surface area contributed by atoms with E-state index in [1.807, 2.05) is 17.0 Å². The van der Waals surface area contributed by atoms with E-state index in [-0.39, 0.29) is 35.6 Å². The fourth-order valence-electron chi connectivity index (χ4n) is 3.10. The number of anilines is 1. The molecule has 0 unspecified atom stereocenters. The Bertz CT molecular complexity index is 796. The van der Waals surface area contributed by atoms with Gasteiger partial charge in [0, 0.05) is 33.2 Å². The first-order valence-electron chi connectivity index (χ1n) is 9.46. The number of morpholine rings is 1. The maximum absolute atomic E-state index is 14.5. The van der Waals surface area contributed by atoms with E-state index in [2.05, 4.69) is 15.6 Å². The Hall–Kier alpha value is -1.94. The summed E-state index contributed by atoms with van der Waals surface area (Å²) in [6.07, 6.45) is 0.754. The lowest BCUT2D eigenvalue weighted by Crippen LogP contribution is -2.38. The normalized spacial score (nSPS) is 14.3. The van der Waals surface area contributed by atoms with Crippen molar-refractivity contribution in [2.24, 2.45) is 4.99 Å². The van der Waals surface area contributed by atoms with Crippen LogP contribution in [0.2, 0.25) is 0 Å². The number of rotatable bonds is 6. The van der Waals surface area contributed by atoms with Gasteiger partial charge >= 0.3 is 0 Å². The third-order valence-corrected chi connectivity index (χ3v) is 4.67. The van der Waals surface area contributed by atoms with E-state index >= 15 is 0 Å². The molecule has 0 atom stereocenters. The number of hydrogen-bond donors (Lipinski definition) is 2. The molecular formula is C21H27F2IN4O. The minimum absolute atomic E-state index is 0. The van der Waals surface area contributed by atoms with Crippen molar-refractivity contribution in [3.05, 3.63) is 65.2 Å². The van der Waals surface area contributed by atoms with Crippen LogP contribution < -0.4 is 15.5 Å². The minimum atomic E-state index is -0.235. The van der Waals surface area contributed by atoms with Crippen LogP contribution in [0, 0.1) is 11.6 Å². The van der Waals surface area contributed by atoms with Crippen LogP contribution in [0.15, 0.2) is 47.5 Å². The van der Waals surface area contributed by atoms with Crippen molar-refractivity contribution in [3.63, 3.8) is 0 Å². The number of guanidine groups is 1. The van der Waals surface area contributed by atoms with Gasteiger partial charge in [-0.15, -0.1) is 24.0 Å². The Morgan fingerprint density at radius 3 is 2.38 bits per heavy atom. The fraction of sp³-hybridized carbons (Fsp3) is 0.381. The lowest BCUT2D eigenvalue weighted by molar-refractivity contribution is 0.122. The maximum Gasteiger partial charge on any atom is 0.191 e. The van der Waals surface area contributed by atoms with Crippen LogP contribution >= 0.6 is 24.0 Å². The van der Waals surface area contributed by atoms with Crippen molar-refractivity contribution in [1.29, 1.82) is 0 Å². The van der Waals surface area contributed by atoms with Crippen LogP contribution in [0.4, 0.5) is 14.5 Å². The molecule has 1 fully saturated rings. The molecule has 3 rings (SSSR count). The van der Waals surface area contributed by atoms with Crippen molar-refractivity contribution >= 4 is 35.6 Å². The van der Waals surface area contributed by atoms with Crippen LogP contribution in [-0.2, 0) is 17.7 Å². The zero-order valence-corrected chi connectivity index (χ0v) is 18.8. The van der Waals surface area contributed by atoms with Gasteiger partial charge in [0.15, 0.2) is 5.96 Å². The molecule has 0 saturated carbocycles. The molecule has 2 aromatic rings. The summed E-state index contributed by atoms with van der Waals surface area (Å²) in [6.45, 7) is 3.80. The molecule has 2 N–H and O–H groups in total. The van der Waals surface area contributed by atoms with Crippen LogP contribution in [0.5, 0.6) is 0 Å². The minimum Gasteiger partial charge on any atom is -0.378 e. The lowest BCUT2D eigenvalue weighted by Gasteiger charge is -2.29. The molecule has 1 aliphatic heterocycles. The molecule has 1 saturated heterocycles. The monoisotopic (exact) mass is 516 g/mol. The Labute approximate surface area is 187 Å². The molecular weight excluding hydrogens is 489 g/mol. The average molecular weight is 516 g/mol. The van der Waals surface area contributed by atoms with Gasteiger partial charge in [-0.05, 0) is 41.8 Å². The van der Waals surface area contributed by atoms with E-state index in [9.17, 15) is 8.78 Å². The fourth-order valence-corrected chi connectivity index (χ4v) is 3.10. The zero-order chi connectivity index (χ0) is 19.8. The van der Waals surface area contributed by atoms with Crippen LogP contribution in [0.1, 0.15) is 11.1 Å². The number of halogens is 3. The van der Waals surface area contributed by atoms with Gasteiger partial charge in [0.05, 0.1) is 18.9 Å². The number of nitrogens with one attached hydrogen (secondary N) is 2. The van der Waals surface area contributed by atoms with Gasteiger partial charge in [-0.2, -0.15) is 0 Å². The molecule has 0 bridgehead atoms. The summed E-state index contributed by atoms with van der Waals surface area (Å²) >= 11 is 0. The first-order chi connectivity index (χ1) is 13.7. The summed E-state index contributed by atoms with van der Waals surface area (Å²) in [4.78, 5) is 6.19. The van der Waals surface area contributed by atoms with E-state index in [0.29, 0.717) is 51.0 Å². The van der Waals surface area contributed by atoms with Gasteiger partial charge < -0.3 is 20.3 Å². The topological polar surface area (TPSA) is 48.9 Å². The highest BCUT2D eigenvalue weighted by atomic mass is 127. The molecule has 2 aromatic carbocycles. The first-order valence-corrected chi connectivity index (χ1v) is 9.46. The van der Waals surface area contributed by atoms with E-state index in [1.54, 1.807) is 25.2 Å². The van der Waals surface area contributed by atoms with E-state index < -0.39 is 0 Å². The Balaban J connectivity index is 0.00000300. The van der Waals surface area contributed by atoms with Crippen molar-refractivity contribution in [1.82, 2.24) is 10.6 Å². The van der Waals surface area contributed by atoms with E-state index in [1.165, 1.54) is 12.1 Å². The van der Waals surface area contributed by atoms with Crippen molar-refractivity contribution in [3.8, 4) is 0 Å². The van der Waals surface area contributed by atoms with Gasteiger partial charge in [-0.3, -0.25) is 4.99 Å². The SMILES string of the molecule is CN=C(NCCc1ccc(F)cc1)NCc1ccc(N2CCOCC2)c(F)c1.I. The molecule has 0 aromatic heterocycles. The molecule has 0 aliphatic carbocycles. The molecule has 5 nitrogen and oxygen atoms in total. The molecule has 0 radical (unpaired) electrons. The predicted octanol–water partition coefficient (Wildman–Crippen LogP) is 3.33. The maximum atomic E-state index is 14.5. The van der Waals surface area contributed by atoms with Crippen molar-refractivity contribution < 1.29 is 13.5 Å². The summed E-state index contributed by atoms with van der Waals surface area (Å²) in [5.74, 6) is 0.182. The van der Waals surface area contributed by atoms with Crippen LogP contribution in [0.3, 0.4) is 0 Å². The lowest BCUT2D eigenvalue weighted by atomic mass is 10.1. The zero-order valence-electron chi connectivity index (χ0n) is 16.5. The standard InChI is InChI=1S/C21H26F2N4O.HI/c1-24-21(25-9-8-16-2-5-18(22)6-3-16)26-15-17-4-7-20(19(23)14-17)27-10-12-28-13-11-27;/h2-7,14H,8-13,15H2,1H3,(H2,24,25,26);1H. The number of hydrogen-bond acceptors (Lipinski definition) is 3. The summed E-state index contributed by atoms with van der Waals surface area (Å²) in [5, 5.41) is 6.40. The second-order valence-electron chi connectivity index (χ2n) is 6.61. The van der Waals surface area contributed by atoms with Gasteiger partial charge in [0.2, 0.25) is 0 Å². The number of ether oxygens (including phenoxy) is 1. The first kappa shape index (κ1) is 23.3. The van der Waals surface area contributed by atoms with Gasteiger partial charge in [-0.25, -0.2) is 8.78 Å². The molecule has 8 heteroatoms. The predicted molar refractivity (Wildman–Crippen MR) is 123 cm³/mol. The highest BCUT2D eigenvalue weighted by Crippen LogP contribution is 2.21. The van der Waals surface area contributed by atoms with Crippen LogP contribution in [-0.4, -0.2) is 45.9 Å². The Kier molecular flexibility index (Phi) is 9.59. The second kappa shape index (κ2) is 11.9. The number of nitrogens with zero attached hydrogens (tertiary/aromatic N) is 2. The van der Waals surface area contributed by atoms with Gasteiger partial charge in [-0.1, -0.05) is 18.2 Å². The molecule has 1 aliphatic rings. The Morgan fingerprint density at radius 2 is 1.72 bits per heavy atom. The quantitative estimate of drug-likeness (QED) is 0.352. The van der Waals surface area contributed by atoms with Gasteiger partial charge in [0.1, 0.15) is 11.6 Å².